The van der Waals surface area contributed by atoms with E-state index in [1.54, 1.807) is 23.5 Å². The van der Waals surface area contributed by atoms with Crippen LogP contribution in [0.25, 0.3) is 0 Å². The first-order chi connectivity index (χ1) is 12.5. The van der Waals surface area contributed by atoms with E-state index in [1.165, 1.54) is 12.1 Å². The number of hydrogen-bond donors (Lipinski definition) is 2. The molecule has 0 bridgehead atoms. The molecular weight excluding hydrogens is 353 g/mol. The molecule has 3 N–H and O–H groups in total. The zero-order chi connectivity index (χ0) is 18.5. The molecule has 0 radical (unpaired) electrons. The first-order valence-electron chi connectivity index (χ1n) is 8.63. The van der Waals surface area contributed by atoms with Crippen LogP contribution in [0.2, 0.25) is 0 Å². The Hall–Kier alpha value is -2.25. The molecule has 26 heavy (non-hydrogen) atoms. The number of piperidine rings is 1. The van der Waals surface area contributed by atoms with Gasteiger partial charge in [-0.3, -0.25) is 14.5 Å². The van der Waals surface area contributed by atoms with Crippen molar-refractivity contribution in [3.8, 4) is 0 Å². The fourth-order valence-corrected chi connectivity index (χ4v) is 4.02. The van der Waals surface area contributed by atoms with Crippen LogP contribution in [-0.2, 0) is 9.59 Å². The second kappa shape index (κ2) is 8.42. The molecule has 1 aliphatic rings. The van der Waals surface area contributed by atoms with Crippen molar-refractivity contribution >= 4 is 23.2 Å². The second-order valence-electron chi connectivity index (χ2n) is 6.52. The van der Waals surface area contributed by atoms with Crippen molar-refractivity contribution in [2.75, 3.05) is 19.6 Å². The van der Waals surface area contributed by atoms with Gasteiger partial charge in [0.1, 0.15) is 5.82 Å². The topological polar surface area (TPSA) is 75.4 Å². The van der Waals surface area contributed by atoms with Gasteiger partial charge in [-0.05, 0) is 55.1 Å². The Morgan fingerprint density at radius 3 is 2.50 bits per heavy atom. The van der Waals surface area contributed by atoms with Gasteiger partial charge in [0, 0.05) is 10.8 Å². The minimum atomic E-state index is -0.303. The normalized spacial score (nSPS) is 17.0. The Morgan fingerprint density at radius 2 is 1.92 bits per heavy atom. The summed E-state index contributed by atoms with van der Waals surface area (Å²) in [6.07, 6.45) is 1.38. The number of nitrogens with one attached hydrogen (secondary N) is 1. The number of amides is 2. The number of benzene rings is 1. The lowest BCUT2D eigenvalue weighted by Crippen LogP contribution is -2.44. The maximum absolute atomic E-state index is 13.2. The van der Waals surface area contributed by atoms with Crippen LogP contribution in [0.1, 0.15) is 29.3 Å². The minimum Gasteiger partial charge on any atom is -0.369 e. The van der Waals surface area contributed by atoms with Crippen LogP contribution in [0.3, 0.4) is 0 Å². The zero-order valence-corrected chi connectivity index (χ0v) is 15.2. The Labute approximate surface area is 156 Å². The molecule has 1 aliphatic heterocycles. The molecule has 2 amide bonds. The van der Waals surface area contributed by atoms with Crippen LogP contribution in [-0.4, -0.2) is 36.3 Å². The standard InChI is InChI=1S/C19H22FN3O2S/c20-15-5-3-13(4-6-15)18(16-2-1-11-26-16)22-17(24)12-23-9-7-14(8-10-23)19(21)25/h1-6,11,14,18H,7-10,12H2,(H2,21,25)(H,22,24)/t18-/m1/s1. The molecule has 2 heterocycles. The van der Waals surface area contributed by atoms with E-state index < -0.39 is 0 Å². The highest BCUT2D eigenvalue weighted by Gasteiger charge is 2.25. The highest BCUT2D eigenvalue weighted by molar-refractivity contribution is 7.10. The van der Waals surface area contributed by atoms with E-state index >= 15 is 0 Å². The van der Waals surface area contributed by atoms with Gasteiger partial charge in [0.15, 0.2) is 0 Å². The fraction of sp³-hybridized carbons (Fsp3) is 0.368. The first kappa shape index (κ1) is 18.5. The van der Waals surface area contributed by atoms with Gasteiger partial charge in [-0.1, -0.05) is 18.2 Å². The summed E-state index contributed by atoms with van der Waals surface area (Å²) in [7, 11) is 0. The number of rotatable bonds is 6. The summed E-state index contributed by atoms with van der Waals surface area (Å²) in [5, 5.41) is 5.00. The molecule has 1 fully saturated rings. The largest absolute Gasteiger partial charge is 0.369 e. The van der Waals surface area contributed by atoms with Gasteiger partial charge in [0.05, 0.1) is 12.6 Å². The summed E-state index contributed by atoms with van der Waals surface area (Å²) in [6.45, 7) is 1.64. The van der Waals surface area contributed by atoms with Crippen molar-refractivity contribution in [3.05, 3.63) is 58.0 Å². The molecule has 0 unspecified atom stereocenters. The van der Waals surface area contributed by atoms with Gasteiger partial charge in [0.25, 0.3) is 0 Å². The third kappa shape index (κ3) is 4.68. The molecule has 0 spiro atoms. The molecule has 1 atom stereocenters. The fourth-order valence-electron chi connectivity index (χ4n) is 3.21. The van der Waals surface area contributed by atoms with Crippen LogP contribution in [0.4, 0.5) is 4.39 Å². The molecule has 2 aromatic rings. The molecule has 1 aromatic heterocycles. The van der Waals surface area contributed by atoms with E-state index in [4.69, 9.17) is 5.73 Å². The summed E-state index contributed by atoms with van der Waals surface area (Å²) in [4.78, 5) is 26.8. The first-order valence-corrected chi connectivity index (χ1v) is 9.51. The van der Waals surface area contributed by atoms with Gasteiger partial charge in [-0.2, -0.15) is 0 Å². The number of nitrogens with two attached hydrogens (primary N) is 1. The number of likely N-dealkylation sites (tertiary alicyclic amines) is 1. The molecule has 3 rings (SSSR count). The van der Waals surface area contributed by atoms with E-state index in [-0.39, 0.29) is 36.1 Å². The highest BCUT2D eigenvalue weighted by atomic mass is 32.1. The average Bonchev–Trinajstić information content (AvgIpc) is 3.15. The lowest BCUT2D eigenvalue weighted by atomic mass is 9.96. The van der Waals surface area contributed by atoms with Crippen molar-refractivity contribution in [1.29, 1.82) is 0 Å². The predicted molar refractivity (Wildman–Crippen MR) is 99.1 cm³/mol. The van der Waals surface area contributed by atoms with Crippen LogP contribution in [0, 0.1) is 11.7 Å². The van der Waals surface area contributed by atoms with Crippen molar-refractivity contribution in [2.45, 2.75) is 18.9 Å². The van der Waals surface area contributed by atoms with Gasteiger partial charge in [-0.15, -0.1) is 11.3 Å². The van der Waals surface area contributed by atoms with Gasteiger partial charge >= 0.3 is 0 Å². The number of nitrogens with zero attached hydrogens (tertiary/aromatic N) is 1. The van der Waals surface area contributed by atoms with Crippen LogP contribution >= 0.6 is 11.3 Å². The molecule has 1 aromatic carbocycles. The van der Waals surface area contributed by atoms with Crippen LogP contribution in [0.15, 0.2) is 41.8 Å². The van der Waals surface area contributed by atoms with Crippen molar-refractivity contribution in [1.82, 2.24) is 10.2 Å². The molecule has 138 valence electrons. The summed E-state index contributed by atoms with van der Waals surface area (Å²) in [6, 6.07) is 9.77. The summed E-state index contributed by atoms with van der Waals surface area (Å²) < 4.78 is 13.2. The molecule has 0 saturated carbocycles. The number of hydrogen-bond acceptors (Lipinski definition) is 4. The Kier molecular flexibility index (Phi) is 6.00. The number of halogens is 1. The van der Waals surface area contributed by atoms with E-state index in [0.29, 0.717) is 25.9 Å². The van der Waals surface area contributed by atoms with E-state index in [9.17, 15) is 14.0 Å². The third-order valence-electron chi connectivity index (χ3n) is 4.69. The highest BCUT2D eigenvalue weighted by Crippen LogP contribution is 2.26. The van der Waals surface area contributed by atoms with Gasteiger partial charge in [0.2, 0.25) is 11.8 Å². The lowest BCUT2D eigenvalue weighted by molar-refractivity contribution is -0.124. The van der Waals surface area contributed by atoms with Crippen LogP contribution in [0.5, 0.6) is 0 Å². The molecule has 7 heteroatoms. The predicted octanol–water partition coefficient (Wildman–Crippen LogP) is 2.29. The number of primary amides is 1. The number of carbonyl (C=O) groups excluding carboxylic acids is 2. The van der Waals surface area contributed by atoms with Crippen molar-refractivity contribution < 1.29 is 14.0 Å². The SMILES string of the molecule is NC(=O)C1CCN(CC(=O)N[C@H](c2ccc(F)cc2)c2cccs2)CC1. The quantitative estimate of drug-likeness (QED) is 0.813. The van der Waals surface area contributed by atoms with Crippen molar-refractivity contribution in [2.24, 2.45) is 11.7 Å². The Bertz CT molecular complexity index is 741. The zero-order valence-electron chi connectivity index (χ0n) is 14.4. The maximum atomic E-state index is 13.2. The van der Waals surface area contributed by atoms with E-state index in [1.807, 2.05) is 22.4 Å². The minimum absolute atomic E-state index is 0.0904. The smallest absolute Gasteiger partial charge is 0.234 e. The summed E-state index contributed by atoms with van der Waals surface area (Å²) in [5.41, 5.74) is 6.19. The van der Waals surface area contributed by atoms with E-state index in [2.05, 4.69) is 5.32 Å². The molecule has 5 nitrogen and oxygen atoms in total. The lowest BCUT2D eigenvalue weighted by Gasteiger charge is -2.30. The average molecular weight is 375 g/mol. The van der Waals surface area contributed by atoms with Gasteiger partial charge < -0.3 is 11.1 Å². The molecule has 0 aliphatic carbocycles. The summed E-state index contributed by atoms with van der Waals surface area (Å²) in [5.74, 6) is -0.747. The Balaban J connectivity index is 1.63. The molecular formula is C19H22FN3O2S. The van der Waals surface area contributed by atoms with E-state index in [0.717, 1.165) is 10.4 Å². The van der Waals surface area contributed by atoms with Crippen molar-refractivity contribution in [3.63, 3.8) is 0 Å². The monoisotopic (exact) mass is 375 g/mol. The van der Waals surface area contributed by atoms with Gasteiger partial charge in [-0.25, -0.2) is 4.39 Å². The Morgan fingerprint density at radius 1 is 1.23 bits per heavy atom. The second-order valence-corrected chi connectivity index (χ2v) is 7.50. The van der Waals surface area contributed by atoms with Crippen LogP contribution < -0.4 is 11.1 Å². The maximum Gasteiger partial charge on any atom is 0.234 e. The third-order valence-corrected chi connectivity index (χ3v) is 5.63. The number of carbonyl (C=O) groups is 2. The molecule has 1 saturated heterocycles. The summed E-state index contributed by atoms with van der Waals surface area (Å²) >= 11 is 1.55. The number of thiophene rings is 1.